The molecule has 0 bridgehead atoms. The van der Waals surface area contributed by atoms with E-state index in [0.29, 0.717) is 5.92 Å². The summed E-state index contributed by atoms with van der Waals surface area (Å²) < 4.78 is 4.88. The number of para-hydroxylation sites is 2. The monoisotopic (exact) mass is 1030 g/mol. The Morgan fingerprint density at radius 1 is 0.619 bits per heavy atom. The molecule has 11 aromatic rings. The van der Waals surface area contributed by atoms with E-state index in [1.54, 1.807) is 0 Å². The van der Waals surface area contributed by atoms with Gasteiger partial charge in [-0.2, -0.15) is 11.3 Å². The van der Waals surface area contributed by atoms with Gasteiger partial charge < -0.3 is 14.5 Å². The predicted molar refractivity (Wildman–Crippen MR) is 269 cm³/mol. The molecule has 0 saturated carbocycles. The zero-order valence-electron chi connectivity index (χ0n) is 36.1. The molecule has 11 rings (SSSR count). The van der Waals surface area contributed by atoms with Gasteiger partial charge in [-0.1, -0.05) is 142 Å². The Bertz CT molecular complexity index is 3400. The SMILES string of the molecule is CC(C)Cc1cc(-c2[c-]cccc2)ncc1[Si](C)(C)C.[Ir].[c-]1ccc2c(sc3cc(-c4cccc5c4c4ccccc4n5-c4ccccc4)ccc32)c1-c1cc2ccccc2cn1. The normalized spacial score (nSPS) is 11.7. The second-order valence-electron chi connectivity index (χ2n) is 17.6. The van der Waals surface area contributed by atoms with Crippen LogP contribution in [0.25, 0.3) is 92.1 Å². The first-order chi connectivity index (χ1) is 30.2. The first-order valence-corrected chi connectivity index (χ1v) is 25.8. The van der Waals surface area contributed by atoms with Gasteiger partial charge in [-0.05, 0) is 91.2 Å². The van der Waals surface area contributed by atoms with E-state index >= 15 is 0 Å². The van der Waals surface area contributed by atoms with Crippen LogP contribution in [0.15, 0.2) is 176 Å². The van der Waals surface area contributed by atoms with Crippen molar-refractivity contribution < 1.29 is 20.1 Å². The fourth-order valence-electron chi connectivity index (χ4n) is 8.92. The molecule has 0 spiro atoms. The molecule has 0 aliphatic rings. The summed E-state index contributed by atoms with van der Waals surface area (Å²) in [6.07, 6.45) is 5.21. The van der Waals surface area contributed by atoms with Crippen LogP contribution < -0.4 is 5.19 Å². The molecule has 0 N–H and O–H groups in total. The maximum Gasteiger partial charge on any atom is 0.0798 e. The third-order valence-corrected chi connectivity index (χ3v) is 15.0. The van der Waals surface area contributed by atoms with Crippen molar-refractivity contribution in [3.63, 3.8) is 0 Å². The minimum absolute atomic E-state index is 0. The van der Waals surface area contributed by atoms with Crippen LogP contribution in [-0.2, 0) is 26.5 Å². The van der Waals surface area contributed by atoms with E-state index in [9.17, 15) is 0 Å². The Balaban J connectivity index is 0.000000204. The number of hydrogen-bond acceptors (Lipinski definition) is 3. The smallest absolute Gasteiger partial charge is 0.0798 e. The fraction of sp³-hybridized carbons (Fsp3) is 0.123. The minimum Gasteiger partial charge on any atom is -0.309 e. The number of aromatic nitrogens is 3. The largest absolute Gasteiger partial charge is 0.309 e. The molecular weight excluding hydrogens is 979 g/mol. The summed E-state index contributed by atoms with van der Waals surface area (Å²) in [5, 5.41) is 8.91. The Kier molecular flexibility index (Phi) is 11.8. The first kappa shape index (κ1) is 42.3. The molecule has 4 aromatic heterocycles. The van der Waals surface area contributed by atoms with E-state index in [-0.39, 0.29) is 20.1 Å². The molecule has 0 saturated heterocycles. The fourth-order valence-corrected chi connectivity index (χ4v) is 11.8. The number of fused-ring (bicyclic) bond motifs is 7. The summed E-state index contributed by atoms with van der Waals surface area (Å²) in [6, 6.07) is 64.9. The minimum atomic E-state index is -1.34. The van der Waals surface area contributed by atoms with Crippen molar-refractivity contribution >= 4 is 77.3 Å². The molecule has 0 fully saturated rings. The maximum atomic E-state index is 4.83. The van der Waals surface area contributed by atoms with Gasteiger partial charge in [-0.15, -0.1) is 59.7 Å². The molecule has 0 atom stereocenters. The molecule has 0 unspecified atom stereocenters. The van der Waals surface area contributed by atoms with Crippen LogP contribution in [0.3, 0.4) is 0 Å². The van der Waals surface area contributed by atoms with E-state index in [1.165, 1.54) is 74.9 Å². The van der Waals surface area contributed by atoms with Crippen molar-refractivity contribution in [2.24, 2.45) is 5.92 Å². The van der Waals surface area contributed by atoms with Crippen LogP contribution in [0.2, 0.25) is 19.6 Å². The van der Waals surface area contributed by atoms with Crippen LogP contribution >= 0.6 is 11.3 Å². The van der Waals surface area contributed by atoms with Crippen LogP contribution in [-0.4, -0.2) is 22.6 Å². The number of nitrogens with zero attached hydrogens (tertiary/aromatic N) is 3. The Morgan fingerprint density at radius 3 is 2.16 bits per heavy atom. The average molecular weight is 1030 g/mol. The van der Waals surface area contributed by atoms with Gasteiger partial charge in [0.15, 0.2) is 0 Å². The molecule has 0 aliphatic heterocycles. The third kappa shape index (κ3) is 8.21. The first-order valence-electron chi connectivity index (χ1n) is 21.5. The maximum absolute atomic E-state index is 4.83. The van der Waals surface area contributed by atoms with Crippen LogP contribution in [0.1, 0.15) is 19.4 Å². The summed E-state index contributed by atoms with van der Waals surface area (Å²) in [7, 11) is -1.34. The van der Waals surface area contributed by atoms with Gasteiger partial charge in [0.05, 0.1) is 19.1 Å². The topological polar surface area (TPSA) is 30.7 Å². The zero-order valence-corrected chi connectivity index (χ0v) is 40.3. The second kappa shape index (κ2) is 17.6. The number of thiophene rings is 1. The van der Waals surface area contributed by atoms with E-state index in [0.717, 1.165) is 34.3 Å². The van der Waals surface area contributed by atoms with Gasteiger partial charge in [-0.25, -0.2) is 0 Å². The Morgan fingerprint density at radius 2 is 1.37 bits per heavy atom. The van der Waals surface area contributed by atoms with Gasteiger partial charge in [0.25, 0.3) is 0 Å². The van der Waals surface area contributed by atoms with Gasteiger partial charge in [-0.3, -0.25) is 0 Å². The number of hydrogen-bond donors (Lipinski definition) is 0. The second-order valence-corrected chi connectivity index (χ2v) is 23.7. The van der Waals surface area contributed by atoms with Crippen molar-refractivity contribution in [3.05, 3.63) is 194 Å². The Labute approximate surface area is 388 Å². The molecule has 3 nitrogen and oxygen atoms in total. The van der Waals surface area contributed by atoms with Crippen molar-refractivity contribution in [1.29, 1.82) is 0 Å². The van der Waals surface area contributed by atoms with Gasteiger partial charge in [0.1, 0.15) is 0 Å². The zero-order chi connectivity index (χ0) is 42.4. The molecule has 7 aromatic carbocycles. The predicted octanol–water partition coefficient (Wildman–Crippen LogP) is 15.1. The van der Waals surface area contributed by atoms with Crippen LogP contribution in [0.5, 0.6) is 0 Å². The molecule has 6 heteroatoms. The molecule has 311 valence electrons. The molecule has 1 radical (unpaired) electrons. The molecule has 4 heterocycles. The van der Waals surface area contributed by atoms with Crippen molar-refractivity contribution in [2.45, 2.75) is 39.9 Å². The molecular formula is C57H47IrN3SSi-2. The quantitative estimate of drug-likeness (QED) is 0.118. The molecule has 63 heavy (non-hydrogen) atoms. The van der Waals surface area contributed by atoms with E-state index in [1.807, 2.05) is 41.8 Å². The standard InChI is InChI=1S/C39H23N2S.C18H24NSi.Ir/c1-2-12-28(13-3-1)41-35-18-7-6-14-33(35)38-29(15-9-19-36(38)41)26-20-21-30-31-16-8-17-32(39(31)42-37(30)23-26)34-22-25-10-4-5-11-27(25)24-40-34;1-14(2)11-16-12-17(15-9-7-6-8-10-15)19-13-18(16)20(3,4)5;/h1-16,18-24H;6-9,12-14H,11H2,1-5H3;/q2*-1;. The average Bonchev–Trinajstić information content (AvgIpc) is 3.85. The Hall–Kier alpha value is -6.01. The number of benzene rings is 7. The summed E-state index contributed by atoms with van der Waals surface area (Å²) >= 11 is 1.83. The van der Waals surface area contributed by atoms with Crippen molar-refractivity contribution in [2.75, 3.05) is 0 Å². The summed E-state index contributed by atoms with van der Waals surface area (Å²) in [5.74, 6) is 0.667. The number of rotatable bonds is 7. The summed E-state index contributed by atoms with van der Waals surface area (Å²) in [5.41, 5.74) is 11.7. The van der Waals surface area contributed by atoms with Gasteiger partial charge >= 0.3 is 0 Å². The molecule has 0 amide bonds. The van der Waals surface area contributed by atoms with E-state index in [2.05, 4.69) is 201 Å². The van der Waals surface area contributed by atoms with Crippen LogP contribution in [0, 0.1) is 18.1 Å². The van der Waals surface area contributed by atoms with Gasteiger partial charge in [0.2, 0.25) is 0 Å². The summed E-state index contributed by atoms with van der Waals surface area (Å²) in [4.78, 5) is 9.51. The van der Waals surface area contributed by atoms with Crippen LogP contribution in [0.4, 0.5) is 0 Å². The number of pyridine rings is 2. The van der Waals surface area contributed by atoms with E-state index < -0.39 is 8.07 Å². The van der Waals surface area contributed by atoms with Crippen molar-refractivity contribution in [1.82, 2.24) is 14.5 Å². The van der Waals surface area contributed by atoms with E-state index in [4.69, 9.17) is 4.98 Å². The third-order valence-electron chi connectivity index (χ3n) is 11.8. The van der Waals surface area contributed by atoms with Gasteiger partial charge in [0, 0.05) is 53.7 Å². The molecule has 0 aliphatic carbocycles. The summed E-state index contributed by atoms with van der Waals surface area (Å²) in [6.45, 7) is 11.7. The van der Waals surface area contributed by atoms with Crippen molar-refractivity contribution in [3.8, 4) is 39.3 Å².